The number of allylic oxidation sites excluding steroid dienone is 4. The van der Waals surface area contributed by atoms with Gasteiger partial charge in [0.25, 0.3) is 0 Å². The van der Waals surface area contributed by atoms with E-state index >= 15 is 0 Å². The van der Waals surface area contributed by atoms with Gasteiger partial charge in [0.05, 0.1) is 16.7 Å². The maximum atomic E-state index is 5.02. The Labute approximate surface area is 147 Å². The Kier molecular flexibility index (Phi) is 3.95. The molecule has 0 bridgehead atoms. The van der Waals surface area contributed by atoms with E-state index in [0.717, 1.165) is 28.2 Å². The van der Waals surface area contributed by atoms with Crippen molar-refractivity contribution >= 4 is 22.0 Å². The summed E-state index contributed by atoms with van der Waals surface area (Å²) in [7, 11) is 0. The molecule has 4 rings (SSSR count). The van der Waals surface area contributed by atoms with Gasteiger partial charge in [-0.1, -0.05) is 72.8 Å². The lowest BCUT2D eigenvalue weighted by Crippen LogP contribution is -1.91. The maximum absolute atomic E-state index is 5.02. The van der Waals surface area contributed by atoms with E-state index in [1.807, 2.05) is 19.1 Å². The molecular weight excluding hydrogens is 304 g/mol. The van der Waals surface area contributed by atoms with E-state index in [-0.39, 0.29) is 0 Å². The van der Waals surface area contributed by atoms with Crippen LogP contribution in [0.25, 0.3) is 33.4 Å². The Balaban J connectivity index is 2.11. The highest BCUT2D eigenvalue weighted by Gasteiger charge is 2.15. The SMILES string of the molecule is C/C=C\C=C(/C)c1nc(-c2ccccc2)n2c1ccc1ccccc12. The van der Waals surface area contributed by atoms with Crippen molar-refractivity contribution in [2.24, 2.45) is 0 Å². The molecule has 122 valence electrons. The van der Waals surface area contributed by atoms with Crippen LogP contribution < -0.4 is 0 Å². The molecule has 0 radical (unpaired) electrons. The van der Waals surface area contributed by atoms with E-state index in [2.05, 4.69) is 84.1 Å². The lowest BCUT2D eigenvalue weighted by Gasteiger charge is -2.06. The molecule has 2 aromatic heterocycles. The average molecular weight is 324 g/mol. The van der Waals surface area contributed by atoms with Crippen LogP contribution >= 0.6 is 0 Å². The first-order chi connectivity index (χ1) is 12.3. The van der Waals surface area contributed by atoms with Crippen molar-refractivity contribution in [2.75, 3.05) is 0 Å². The van der Waals surface area contributed by atoms with Crippen molar-refractivity contribution in [3.63, 3.8) is 0 Å². The van der Waals surface area contributed by atoms with Gasteiger partial charge in [-0.25, -0.2) is 4.98 Å². The number of benzene rings is 2. The zero-order valence-corrected chi connectivity index (χ0v) is 14.5. The lowest BCUT2D eigenvalue weighted by molar-refractivity contribution is 1.21. The predicted octanol–water partition coefficient (Wildman–Crippen LogP) is 6.13. The number of para-hydroxylation sites is 1. The van der Waals surface area contributed by atoms with Gasteiger partial charge in [-0.15, -0.1) is 0 Å². The van der Waals surface area contributed by atoms with Crippen LogP contribution in [0.15, 0.2) is 85.0 Å². The molecular formula is C23H20N2. The third-order valence-electron chi connectivity index (χ3n) is 4.46. The van der Waals surface area contributed by atoms with Crippen molar-refractivity contribution in [1.29, 1.82) is 0 Å². The van der Waals surface area contributed by atoms with Gasteiger partial charge in [0, 0.05) is 5.56 Å². The van der Waals surface area contributed by atoms with E-state index in [9.17, 15) is 0 Å². The molecule has 0 unspecified atom stereocenters. The number of nitrogens with zero attached hydrogens (tertiary/aromatic N) is 2. The zero-order valence-electron chi connectivity index (χ0n) is 14.5. The van der Waals surface area contributed by atoms with Gasteiger partial charge in [0.15, 0.2) is 0 Å². The molecule has 0 spiro atoms. The second-order valence-electron chi connectivity index (χ2n) is 6.14. The first-order valence-corrected chi connectivity index (χ1v) is 8.55. The van der Waals surface area contributed by atoms with Crippen molar-refractivity contribution in [3.05, 3.63) is 90.7 Å². The molecule has 2 aromatic carbocycles. The van der Waals surface area contributed by atoms with Gasteiger partial charge < -0.3 is 0 Å². The highest BCUT2D eigenvalue weighted by molar-refractivity contribution is 5.89. The Hall–Kier alpha value is -3.13. The van der Waals surface area contributed by atoms with E-state index in [1.165, 1.54) is 10.9 Å². The topological polar surface area (TPSA) is 17.3 Å². The fraction of sp³-hybridized carbons (Fsp3) is 0.0870. The molecule has 2 nitrogen and oxygen atoms in total. The van der Waals surface area contributed by atoms with Gasteiger partial charge >= 0.3 is 0 Å². The lowest BCUT2D eigenvalue weighted by atomic mass is 10.1. The summed E-state index contributed by atoms with van der Waals surface area (Å²) in [6.45, 7) is 4.14. The monoisotopic (exact) mass is 324 g/mol. The Morgan fingerprint density at radius 1 is 0.880 bits per heavy atom. The summed E-state index contributed by atoms with van der Waals surface area (Å²) in [6.07, 6.45) is 6.21. The van der Waals surface area contributed by atoms with Gasteiger partial charge in [-0.2, -0.15) is 0 Å². The summed E-state index contributed by atoms with van der Waals surface area (Å²) >= 11 is 0. The molecule has 2 heterocycles. The Morgan fingerprint density at radius 3 is 2.44 bits per heavy atom. The fourth-order valence-electron chi connectivity index (χ4n) is 3.22. The quantitative estimate of drug-likeness (QED) is 0.414. The predicted molar refractivity (Wildman–Crippen MR) is 107 cm³/mol. The van der Waals surface area contributed by atoms with Crippen LogP contribution in [0.4, 0.5) is 0 Å². The number of fused-ring (bicyclic) bond motifs is 3. The average Bonchev–Trinajstić information content (AvgIpc) is 3.07. The fourth-order valence-corrected chi connectivity index (χ4v) is 3.22. The summed E-state index contributed by atoms with van der Waals surface area (Å²) in [6, 6.07) is 23.2. The highest BCUT2D eigenvalue weighted by atomic mass is 15.0. The Morgan fingerprint density at radius 2 is 1.64 bits per heavy atom. The molecule has 0 fully saturated rings. The number of aromatic nitrogens is 2. The molecule has 0 aliphatic rings. The number of pyridine rings is 1. The summed E-state index contributed by atoms with van der Waals surface area (Å²) in [4.78, 5) is 5.02. The first-order valence-electron chi connectivity index (χ1n) is 8.55. The van der Waals surface area contributed by atoms with E-state index in [0.29, 0.717) is 0 Å². The molecule has 0 N–H and O–H groups in total. The second kappa shape index (κ2) is 6.40. The van der Waals surface area contributed by atoms with Gasteiger partial charge in [-0.05, 0) is 36.9 Å². The minimum absolute atomic E-state index is 0.982. The van der Waals surface area contributed by atoms with Crippen molar-refractivity contribution in [2.45, 2.75) is 13.8 Å². The third-order valence-corrected chi connectivity index (χ3v) is 4.46. The van der Waals surface area contributed by atoms with Crippen LogP contribution in [-0.2, 0) is 0 Å². The summed E-state index contributed by atoms with van der Waals surface area (Å²) in [5, 5.41) is 1.21. The van der Waals surface area contributed by atoms with Gasteiger partial charge in [0.2, 0.25) is 0 Å². The second-order valence-corrected chi connectivity index (χ2v) is 6.14. The van der Waals surface area contributed by atoms with Crippen LogP contribution in [0.1, 0.15) is 19.5 Å². The molecule has 2 heteroatoms. The van der Waals surface area contributed by atoms with E-state index in [4.69, 9.17) is 4.98 Å². The summed E-state index contributed by atoms with van der Waals surface area (Å²) < 4.78 is 2.27. The van der Waals surface area contributed by atoms with Crippen LogP contribution in [0.3, 0.4) is 0 Å². The van der Waals surface area contributed by atoms with E-state index < -0.39 is 0 Å². The smallest absolute Gasteiger partial charge is 0.145 e. The summed E-state index contributed by atoms with van der Waals surface area (Å²) in [5.41, 5.74) is 5.63. The normalized spacial score (nSPS) is 12.5. The molecule has 0 amide bonds. The zero-order chi connectivity index (χ0) is 17.2. The number of imidazole rings is 1. The van der Waals surface area contributed by atoms with Crippen LogP contribution in [-0.4, -0.2) is 9.38 Å². The summed E-state index contributed by atoms with van der Waals surface area (Å²) in [5.74, 6) is 0.982. The minimum atomic E-state index is 0.982. The molecule has 0 atom stereocenters. The minimum Gasteiger partial charge on any atom is -0.292 e. The molecule has 25 heavy (non-hydrogen) atoms. The standard InChI is InChI=1S/C23H20N2/c1-3-4-10-17(2)22-21-16-15-18-11-8-9-14-20(18)25(21)23(24-22)19-12-6-5-7-13-19/h3-16H,1-2H3/b4-3-,17-10+. The molecule has 4 aromatic rings. The van der Waals surface area contributed by atoms with Crippen molar-refractivity contribution < 1.29 is 0 Å². The largest absolute Gasteiger partial charge is 0.292 e. The van der Waals surface area contributed by atoms with Crippen LogP contribution in [0.5, 0.6) is 0 Å². The van der Waals surface area contributed by atoms with Gasteiger partial charge in [-0.3, -0.25) is 4.40 Å². The molecule has 0 saturated carbocycles. The highest BCUT2D eigenvalue weighted by Crippen LogP contribution is 2.30. The maximum Gasteiger partial charge on any atom is 0.145 e. The first kappa shape index (κ1) is 15.4. The molecule has 0 aliphatic carbocycles. The van der Waals surface area contributed by atoms with Crippen molar-refractivity contribution in [1.82, 2.24) is 9.38 Å². The number of hydrogen-bond donors (Lipinski definition) is 0. The van der Waals surface area contributed by atoms with Crippen LogP contribution in [0, 0.1) is 0 Å². The number of rotatable bonds is 3. The van der Waals surface area contributed by atoms with Crippen molar-refractivity contribution in [3.8, 4) is 11.4 Å². The number of hydrogen-bond acceptors (Lipinski definition) is 1. The van der Waals surface area contributed by atoms with Gasteiger partial charge in [0.1, 0.15) is 5.82 Å². The Bertz CT molecular complexity index is 1100. The molecule has 0 saturated heterocycles. The van der Waals surface area contributed by atoms with Crippen LogP contribution in [0.2, 0.25) is 0 Å². The van der Waals surface area contributed by atoms with E-state index in [1.54, 1.807) is 0 Å². The molecule has 0 aliphatic heterocycles. The third kappa shape index (κ3) is 2.66.